The van der Waals surface area contributed by atoms with Crippen LogP contribution in [0.15, 0.2) is 30.3 Å². The second-order valence-corrected chi connectivity index (χ2v) is 3.52. The van der Waals surface area contributed by atoms with E-state index in [1.165, 1.54) is 7.11 Å². The predicted molar refractivity (Wildman–Crippen MR) is 63.0 cm³/mol. The number of para-hydroxylation sites is 1. The largest absolute Gasteiger partial charge is 0.453 e. The van der Waals surface area contributed by atoms with E-state index in [-0.39, 0.29) is 6.04 Å². The van der Waals surface area contributed by atoms with Crippen LogP contribution in [0.5, 0.6) is 0 Å². The summed E-state index contributed by atoms with van der Waals surface area (Å²) in [6.07, 6.45) is -0.450. The maximum atomic E-state index is 10.9. The molecule has 1 amide bonds. The van der Waals surface area contributed by atoms with Gasteiger partial charge in [-0.05, 0) is 19.1 Å². The van der Waals surface area contributed by atoms with E-state index in [9.17, 15) is 4.79 Å². The number of anilines is 1. The minimum absolute atomic E-state index is 0.0855. The first-order chi connectivity index (χ1) is 7.63. The number of rotatable bonds is 4. The molecule has 0 heterocycles. The highest BCUT2D eigenvalue weighted by Gasteiger charge is 2.10. The molecule has 0 radical (unpaired) electrons. The van der Waals surface area contributed by atoms with Crippen LogP contribution in [0.2, 0.25) is 0 Å². The second kappa shape index (κ2) is 5.97. The lowest BCUT2D eigenvalue weighted by atomic mass is 10.3. The van der Waals surface area contributed by atoms with Crippen molar-refractivity contribution in [3.8, 4) is 0 Å². The quantitative estimate of drug-likeness (QED) is 0.592. The van der Waals surface area contributed by atoms with Gasteiger partial charge in [0.1, 0.15) is 0 Å². The van der Waals surface area contributed by atoms with Gasteiger partial charge in [0, 0.05) is 6.04 Å². The Bertz CT molecular complexity index is 329. The van der Waals surface area contributed by atoms with Gasteiger partial charge in [-0.2, -0.15) is 0 Å². The van der Waals surface area contributed by atoms with Gasteiger partial charge in [0.25, 0.3) is 0 Å². The third kappa shape index (κ3) is 3.78. The maximum Gasteiger partial charge on any atom is 0.407 e. The number of benzene rings is 1. The minimum atomic E-state index is -0.450. The zero-order valence-electron chi connectivity index (χ0n) is 9.51. The Balaban J connectivity index is 2.45. The number of carbonyl (C=O) groups excluding carboxylic acids is 1. The summed E-state index contributed by atoms with van der Waals surface area (Å²) in [6, 6.07) is 9.47. The third-order valence-corrected chi connectivity index (χ3v) is 2.11. The van der Waals surface area contributed by atoms with Gasteiger partial charge in [0.15, 0.2) is 0 Å². The van der Waals surface area contributed by atoms with Gasteiger partial charge in [0.05, 0.1) is 19.3 Å². The van der Waals surface area contributed by atoms with Crippen LogP contribution in [0.25, 0.3) is 0 Å². The highest BCUT2D eigenvalue weighted by Crippen LogP contribution is 2.09. The van der Waals surface area contributed by atoms with Gasteiger partial charge in [-0.1, -0.05) is 18.2 Å². The Kier molecular flexibility index (Phi) is 4.60. The highest BCUT2D eigenvalue weighted by molar-refractivity contribution is 5.67. The van der Waals surface area contributed by atoms with E-state index >= 15 is 0 Å². The van der Waals surface area contributed by atoms with E-state index in [0.29, 0.717) is 6.54 Å². The fourth-order valence-electron chi connectivity index (χ4n) is 1.33. The Morgan fingerprint density at radius 3 is 2.69 bits per heavy atom. The summed E-state index contributed by atoms with van der Waals surface area (Å²) >= 11 is 0. The summed E-state index contributed by atoms with van der Waals surface area (Å²) in [5.41, 5.74) is 0.904. The van der Waals surface area contributed by atoms with Gasteiger partial charge < -0.3 is 15.1 Å². The van der Waals surface area contributed by atoms with Crippen LogP contribution in [0.1, 0.15) is 6.92 Å². The fraction of sp³-hybridized carbons (Fsp3) is 0.364. The smallest absolute Gasteiger partial charge is 0.407 e. The standard InChI is InChI=1S/C11H17N3O2/c1-9(13-11(15)16-2)8-14(12)10-6-4-3-5-7-10/h3-7,9H,8,12H2,1-2H3,(H,13,15). The van der Waals surface area contributed by atoms with Crippen LogP contribution in [-0.2, 0) is 4.74 Å². The average Bonchev–Trinajstić information content (AvgIpc) is 2.29. The molecule has 0 saturated carbocycles. The first kappa shape index (κ1) is 12.3. The van der Waals surface area contributed by atoms with Crippen molar-refractivity contribution in [2.24, 2.45) is 5.84 Å². The zero-order valence-corrected chi connectivity index (χ0v) is 9.51. The van der Waals surface area contributed by atoms with Gasteiger partial charge in [-0.25, -0.2) is 10.6 Å². The summed E-state index contributed by atoms with van der Waals surface area (Å²) in [5, 5.41) is 4.23. The van der Waals surface area contributed by atoms with Crippen LogP contribution in [0.4, 0.5) is 10.5 Å². The number of nitrogens with zero attached hydrogens (tertiary/aromatic N) is 1. The molecule has 16 heavy (non-hydrogen) atoms. The summed E-state index contributed by atoms with van der Waals surface area (Å²) < 4.78 is 4.50. The summed E-state index contributed by atoms with van der Waals surface area (Å²) in [6.45, 7) is 2.37. The Morgan fingerprint density at radius 2 is 2.12 bits per heavy atom. The van der Waals surface area contributed by atoms with Crippen molar-refractivity contribution in [1.29, 1.82) is 0 Å². The zero-order chi connectivity index (χ0) is 12.0. The average molecular weight is 223 g/mol. The summed E-state index contributed by atoms with van der Waals surface area (Å²) in [5.74, 6) is 5.85. The molecule has 5 nitrogen and oxygen atoms in total. The highest BCUT2D eigenvalue weighted by atomic mass is 16.5. The molecule has 0 saturated heterocycles. The van der Waals surface area contributed by atoms with Gasteiger partial charge in [-0.15, -0.1) is 0 Å². The molecular weight excluding hydrogens is 206 g/mol. The van der Waals surface area contributed by atoms with Crippen LogP contribution >= 0.6 is 0 Å². The van der Waals surface area contributed by atoms with Crippen molar-refractivity contribution in [2.45, 2.75) is 13.0 Å². The lowest BCUT2D eigenvalue weighted by Gasteiger charge is -2.23. The van der Waals surface area contributed by atoms with Crippen molar-refractivity contribution in [3.05, 3.63) is 30.3 Å². The van der Waals surface area contributed by atoms with Crippen LogP contribution in [0.3, 0.4) is 0 Å². The van der Waals surface area contributed by atoms with Crippen molar-refractivity contribution in [1.82, 2.24) is 5.32 Å². The number of hydrazine groups is 1. The molecule has 3 N–H and O–H groups in total. The molecular formula is C11H17N3O2. The lowest BCUT2D eigenvalue weighted by Crippen LogP contribution is -2.45. The maximum absolute atomic E-state index is 10.9. The lowest BCUT2D eigenvalue weighted by molar-refractivity contribution is 0.167. The Morgan fingerprint density at radius 1 is 1.50 bits per heavy atom. The molecule has 1 aromatic carbocycles. The number of methoxy groups -OCH3 is 1. The molecule has 88 valence electrons. The van der Waals surface area contributed by atoms with Crippen LogP contribution in [-0.4, -0.2) is 25.8 Å². The second-order valence-electron chi connectivity index (χ2n) is 3.52. The van der Waals surface area contributed by atoms with E-state index in [2.05, 4.69) is 10.1 Å². The van der Waals surface area contributed by atoms with Crippen molar-refractivity contribution >= 4 is 11.8 Å². The molecule has 0 spiro atoms. The molecule has 0 aliphatic carbocycles. The number of nitrogens with two attached hydrogens (primary N) is 1. The van der Waals surface area contributed by atoms with Crippen molar-refractivity contribution in [3.63, 3.8) is 0 Å². The summed E-state index contributed by atoms with van der Waals surface area (Å²) in [7, 11) is 1.33. The van der Waals surface area contributed by atoms with Gasteiger partial charge in [-0.3, -0.25) is 0 Å². The number of amides is 1. The normalized spacial score (nSPS) is 11.7. The monoisotopic (exact) mass is 223 g/mol. The third-order valence-electron chi connectivity index (χ3n) is 2.11. The van der Waals surface area contributed by atoms with Gasteiger partial charge in [0.2, 0.25) is 0 Å². The van der Waals surface area contributed by atoms with E-state index in [1.807, 2.05) is 37.3 Å². The van der Waals surface area contributed by atoms with Crippen molar-refractivity contribution in [2.75, 3.05) is 18.7 Å². The molecule has 0 aromatic heterocycles. The molecule has 0 aliphatic rings. The first-order valence-corrected chi connectivity index (χ1v) is 5.05. The number of hydrogen-bond donors (Lipinski definition) is 2. The van der Waals surface area contributed by atoms with Crippen LogP contribution < -0.4 is 16.2 Å². The number of hydrogen-bond acceptors (Lipinski definition) is 4. The number of carbonyl (C=O) groups is 1. The van der Waals surface area contributed by atoms with E-state index in [4.69, 9.17) is 5.84 Å². The first-order valence-electron chi connectivity index (χ1n) is 5.05. The number of ether oxygens (including phenoxy) is 1. The predicted octanol–water partition coefficient (Wildman–Crippen LogP) is 1.11. The van der Waals surface area contributed by atoms with Gasteiger partial charge >= 0.3 is 6.09 Å². The molecule has 0 fully saturated rings. The Labute approximate surface area is 95.2 Å². The Hall–Kier alpha value is -1.75. The SMILES string of the molecule is COC(=O)NC(C)CN(N)c1ccccc1. The number of alkyl carbamates (subject to hydrolysis) is 1. The van der Waals surface area contributed by atoms with Crippen molar-refractivity contribution < 1.29 is 9.53 Å². The molecule has 1 unspecified atom stereocenters. The number of nitrogens with one attached hydrogen (secondary N) is 1. The van der Waals surface area contributed by atoms with E-state index in [0.717, 1.165) is 5.69 Å². The molecule has 5 heteroatoms. The van der Waals surface area contributed by atoms with E-state index < -0.39 is 6.09 Å². The molecule has 1 aromatic rings. The fourth-order valence-corrected chi connectivity index (χ4v) is 1.33. The topological polar surface area (TPSA) is 67.6 Å². The molecule has 1 rings (SSSR count). The molecule has 0 aliphatic heterocycles. The minimum Gasteiger partial charge on any atom is -0.453 e. The van der Waals surface area contributed by atoms with Crippen LogP contribution in [0, 0.1) is 0 Å². The molecule has 1 atom stereocenters. The van der Waals surface area contributed by atoms with E-state index in [1.54, 1.807) is 5.01 Å². The summed E-state index contributed by atoms with van der Waals surface area (Å²) in [4.78, 5) is 10.9. The molecule has 0 bridgehead atoms.